The zero-order valence-electron chi connectivity index (χ0n) is 20.3. The van der Waals surface area contributed by atoms with Crippen molar-refractivity contribution >= 4 is 46.2 Å². The second kappa shape index (κ2) is 11.1. The highest BCUT2D eigenvalue weighted by atomic mass is 35.5. The number of aromatic nitrogens is 1. The zero-order chi connectivity index (χ0) is 25.9. The first-order chi connectivity index (χ1) is 18.0. The summed E-state index contributed by atoms with van der Waals surface area (Å²) in [5.41, 5.74) is 3.55. The number of anilines is 1. The Hall–Kier alpha value is -3.10. The first-order valence-corrected chi connectivity index (χ1v) is 12.9. The molecule has 0 bridgehead atoms. The highest BCUT2D eigenvalue weighted by Gasteiger charge is 2.42. The molecule has 5 rings (SSSR count). The third-order valence-corrected chi connectivity index (χ3v) is 7.31. The molecule has 0 unspecified atom stereocenters. The molecule has 0 amide bonds. The number of hydrogen-bond donors (Lipinski definition) is 1. The van der Waals surface area contributed by atoms with E-state index in [4.69, 9.17) is 49.3 Å². The lowest BCUT2D eigenvalue weighted by Gasteiger charge is -2.26. The summed E-state index contributed by atoms with van der Waals surface area (Å²) in [7, 11) is 1.63. The first-order valence-electron chi connectivity index (χ1n) is 11.7. The van der Waals surface area contributed by atoms with E-state index in [2.05, 4.69) is 10.3 Å². The molecule has 2 atom stereocenters. The van der Waals surface area contributed by atoms with Crippen LogP contribution in [0.15, 0.2) is 77.3 Å². The normalized spacial score (nSPS) is 17.2. The van der Waals surface area contributed by atoms with Gasteiger partial charge in [-0.2, -0.15) is 0 Å². The van der Waals surface area contributed by atoms with Crippen molar-refractivity contribution in [2.75, 3.05) is 25.2 Å². The van der Waals surface area contributed by atoms with Crippen LogP contribution in [-0.4, -0.2) is 30.4 Å². The minimum absolute atomic E-state index is 0.246. The number of furan rings is 1. The number of benzene rings is 2. The van der Waals surface area contributed by atoms with Crippen LogP contribution in [0.3, 0.4) is 0 Å². The molecule has 2 aromatic heterocycles. The molecule has 1 aliphatic heterocycles. The van der Waals surface area contributed by atoms with Crippen LogP contribution < -0.4 is 15.0 Å². The van der Waals surface area contributed by atoms with Gasteiger partial charge in [-0.05, 0) is 73.2 Å². The van der Waals surface area contributed by atoms with Gasteiger partial charge in [0.1, 0.15) is 29.9 Å². The Balaban J connectivity index is 1.55. The fourth-order valence-corrected chi connectivity index (χ4v) is 5.19. The van der Waals surface area contributed by atoms with Crippen molar-refractivity contribution in [2.24, 2.45) is 0 Å². The van der Waals surface area contributed by atoms with E-state index in [0.29, 0.717) is 34.1 Å². The van der Waals surface area contributed by atoms with Crippen molar-refractivity contribution in [3.05, 3.63) is 100.0 Å². The average Bonchev–Trinajstić information content (AvgIpc) is 3.52. The van der Waals surface area contributed by atoms with Crippen LogP contribution in [0, 0.1) is 6.92 Å². The van der Waals surface area contributed by atoms with Crippen molar-refractivity contribution in [3.63, 3.8) is 0 Å². The summed E-state index contributed by atoms with van der Waals surface area (Å²) in [6.45, 7) is 2.86. The predicted molar refractivity (Wildman–Crippen MR) is 151 cm³/mol. The maximum Gasteiger partial charge on any atom is 0.174 e. The molecule has 37 heavy (non-hydrogen) atoms. The number of nitrogens with one attached hydrogen (secondary N) is 1. The quantitative estimate of drug-likeness (QED) is 0.183. The number of pyridine rings is 1. The van der Waals surface area contributed by atoms with E-state index in [1.54, 1.807) is 13.3 Å². The molecule has 3 heterocycles. The minimum Gasteiger partial charge on any atom is -0.490 e. The van der Waals surface area contributed by atoms with Gasteiger partial charge >= 0.3 is 0 Å². The Bertz CT molecular complexity index is 1410. The lowest BCUT2D eigenvalue weighted by molar-refractivity contribution is 0.146. The van der Waals surface area contributed by atoms with E-state index >= 15 is 0 Å². The lowest BCUT2D eigenvalue weighted by atomic mass is 10.0. The van der Waals surface area contributed by atoms with Crippen molar-refractivity contribution in [2.45, 2.75) is 19.0 Å². The molecule has 1 fully saturated rings. The number of nitrogens with zero attached hydrogens (tertiary/aromatic N) is 2. The summed E-state index contributed by atoms with van der Waals surface area (Å²) in [6.07, 6.45) is 1.77. The fourth-order valence-electron chi connectivity index (χ4n) is 4.44. The molecule has 0 aliphatic carbocycles. The van der Waals surface area contributed by atoms with Crippen molar-refractivity contribution in [3.8, 4) is 17.1 Å². The number of halogens is 2. The molecule has 2 aromatic carbocycles. The predicted octanol–water partition coefficient (Wildman–Crippen LogP) is 7.16. The van der Waals surface area contributed by atoms with E-state index in [9.17, 15) is 0 Å². The number of rotatable bonds is 8. The van der Waals surface area contributed by atoms with E-state index in [-0.39, 0.29) is 12.1 Å². The van der Waals surface area contributed by atoms with Crippen LogP contribution in [0.1, 0.15) is 29.1 Å². The number of ether oxygens (including phenoxy) is 2. The van der Waals surface area contributed by atoms with E-state index < -0.39 is 0 Å². The maximum absolute atomic E-state index is 6.59. The van der Waals surface area contributed by atoms with Gasteiger partial charge < -0.3 is 24.1 Å². The molecule has 1 aliphatic rings. The van der Waals surface area contributed by atoms with Gasteiger partial charge in [0.05, 0.1) is 23.4 Å². The molecule has 190 valence electrons. The molecule has 0 saturated carbocycles. The summed E-state index contributed by atoms with van der Waals surface area (Å²) >= 11 is 18.8. The summed E-state index contributed by atoms with van der Waals surface area (Å²) in [4.78, 5) is 6.60. The van der Waals surface area contributed by atoms with Crippen LogP contribution in [0.4, 0.5) is 5.69 Å². The molecular formula is C28H25Cl2N3O3S. The van der Waals surface area contributed by atoms with Crippen LogP contribution >= 0.6 is 35.4 Å². The molecule has 4 aromatic rings. The molecular weight excluding hydrogens is 529 g/mol. The van der Waals surface area contributed by atoms with E-state index in [1.165, 1.54) is 0 Å². The second-order valence-corrected chi connectivity index (χ2v) is 9.77. The maximum atomic E-state index is 6.59. The Morgan fingerprint density at radius 2 is 1.89 bits per heavy atom. The molecule has 9 heteroatoms. The summed E-state index contributed by atoms with van der Waals surface area (Å²) in [6, 6.07) is 20.6. The van der Waals surface area contributed by atoms with E-state index in [0.717, 1.165) is 34.0 Å². The lowest BCUT2D eigenvalue weighted by Crippen LogP contribution is -2.29. The SMILES string of the molecule is COCCOc1ccc(N2C(=S)N[C@@H](c3ccccn3)[C@@H]2c2ccc(-c3cccc(Cl)c3C)o2)cc1Cl. The summed E-state index contributed by atoms with van der Waals surface area (Å²) in [5, 5.41) is 5.15. The molecule has 0 spiro atoms. The van der Waals surface area contributed by atoms with Gasteiger partial charge in [-0.15, -0.1) is 0 Å². The van der Waals surface area contributed by atoms with E-state index in [1.807, 2.05) is 78.6 Å². The summed E-state index contributed by atoms with van der Waals surface area (Å²) in [5.74, 6) is 2.04. The monoisotopic (exact) mass is 553 g/mol. The zero-order valence-corrected chi connectivity index (χ0v) is 22.6. The van der Waals surface area contributed by atoms with Gasteiger partial charge in [0, 0.05) is 29.6 Å². The molecule has 6 nitrogen and oxygen atoms in total. The molecule has 0 radical (unpaired) electrons. The largest absolute Gasteiger partial charge is 0.490 e. The fraction of sp³-hybridized carbons (Fsp3) is 0.214. The van der Waals surface area contributed by atoms with Crippen LogP contribution in [0.25, 0.3) is 11.3 Å². The summed E-state index contributed by atoms with van der Waals surface area (Å²) < 4.78 is 17.3. The standard InChI is InChI=1S/C28H25Cl2N3O3S/c1-17-19(6-5-7-20(17)29)23-11-12-25(36-23)27-26(22-8-3-4-13-31-22)32-28(37)33(27)18-9-10-24(21(30)16-18)35-15-14-34-2/h3-13,16,26-27H,14-15H2,1-2H3,(H,32,37)/t26-,27-/m0/s1. The first kappa shape index (κ1) is 25.5. The smallest absolute Gasteiger partial charge is 0.174 e. The third kappa shape index (κ3) is 5.18. The van der Waals surface area contributed by atoms with Crippen LogP contribution in [0.5, 0.6) is 5.75 Å². The Morgan fingerprint density at radius 3 is 2.65 bits per heavy atom. The van der Waals surface area contributed by atoms with Gasteiger partial charge in [-0.25, -0.2) is 0 Å². The van der Waals surface area contributed by atoms with Gasteiger partial charge in [-0.3, -0.25) is 4.98 Å². The number of thiocarbonyl (C=S) groups is 1. The highest BCUT2D eigenvalue weighted by molar-refractivity contribution is 7.80. The highest BCUT2D eigenvalue weighted by Crippen LogP contribution is 2.44. The minimum atomic E-state index is -0.313. The van der Waals surface area contributed by atoms with Gasteiger partial charge in [-0.1, -0.05) is 41.4 Å². The number of methoxy groups -OCH3 is 1. The topological polar surface area (TPSA) is 59.8 Å². The Labute approximate surface area is 231 Å². The van der Waals surface area contributed by atoms with Crippen molar-refractivity contribution in [1.29, 1.82) is 0 Å². The number of hydrogen-bond acceptors (Lipinski definition) is 5. The van der Waals surface area contributed by atoms with Crippen LogP contribution in [-0.2, 0) is 4.74 Å². The van der Waals surface area contributed by atoms with Crippen molar-refractivity contribution < 1.29 is 13.9 Å². The molecule has 1 N–H and O–H groups in total. The van der Waals surface area contributed by atoms with Gasteiger partial charge in [0.25, 0.3) is 0 Å². The second-order valence-electron chi connectivity index (χ2n) is 8.57. The van der Waals surface area contributed by atoms with Crippen LogP contribution in [0.2, 0.25) is 10.0 Å². The average molecular weight is 554 g/mol. The van der Waals surface area contributed by atoms with Crippen molar-refractivity contribution in [1.82, 2.24) is 10.3 Å². The van der Waals surface area contributed by atoms with Gasteiger partial charge in [0.15, 0.2) is 5.11 Å². The Kier molecular flexibility index (Phi) is 7.67. The third-order valence-electron chi connectivity index (χ3n) is 6.29. The molecule has 1 saturated heterocycles. The van der Waals surface area contributed by atoms with Gasteiger partial charge in [0.2, 0.25) is 0 Å². The Morgan fingerprint density at radius 1 is 1.03 bits per heavy atom.